The van der Waals surface area contributed by atoms with Crippen molar-refractivity contribution in [2.45, 2.75) is 6.92 Å². The maximum Gasteiger partial charge on any atom is 0.257 e. The maximum atomic E-state index is 12.6. The quantitative estimate of drug-likeness (QED) is 0.672. The van der Waals surface area contributed by atoms with Gasteiger partial charge in [-0.1, -0.05) is 48.0 Å². The third-order valence-electron chi connectivity index (χ3n) is 3.81. The van der Waals surface area contributed by atoms with Crippen LogP contribution in [0.3, 0.4) is 0 Å². The lowest BCUT2D eigenvalue weighted by molar-refractivity contribution is 0.102. The van der Waals surface area contributed by atoms with Crippen molar-refractivity contribution in [1.29, 1.82) is 0 Å². The van der Waals surface area contributed by atoms with Crippen LogP contribution in [0.4, 0.5) is 11.4 Å². The molecule has 0 aliphatic carbocycles. The second-order valence-electron chi connectivity index (χ2n) is 5.80. The summed E-state index contributed by atoms with van der Waals surface area (Å²) in [5, 5.41) is 5.96. The highest BCUT2D eigenvalue weighted by Gasteiger charge is 2.15. The second-order valence-corrected chi connectivity index (χ2v) is 6.21. The van der Waals surface area contributed by atoms with Gasteiger partial charge in [0.25, 0.3) is 11.8 Å². The molecule has 26 heavy (non-hydrogen) atoms. The Kier molecular flexibility index (Phi) is 5.34. The van der Waals surface area contributed by atoms with Gasteiger partial charge in [-0.3, -0.25) is 9.59 Å². The first kappa shape index (κ1) is 17.7. The first-order valence-corrected chi connectivity index (χ1v) is 8.45. The molecule has 3 aromatic rings. The number of amides is 2. The Labute approximate surface area is 156 Å². The molecule has 0 aliphatic heterocycles. The summed E-state index contributed by atoms with van der Waals surface area (Å²) in [6, 6.07) is 21.1. The Morgan fingerprint density at radius 1 is 0.769 bits per heavy atom. The van der Waals surface area contributed by atoms with Crippen molar-refractivity contribution in [2.24, 2.45) is 0 Å². The van der Waals surface area contributed by atoms with Crippen LogP contribution in [0.15, 0.2) is 72.8 Å². The van der Waals surface area contributed by atoms with E-state index in [9.17, 15) is 9.59 Å². The third-order valence-corrected chi connectivity index (χ3v) is 4.14. The molecule has 0 spiro atoms. The minimum Gasteiger partial charge on any atom is -0.322 e. The summed E-state index contributed by atoms with van der Waals surface area (Å²) in [7, 11) is 0. The van der Waals surface area contributed by atoms with Crippen LogP contribution in [0.2, 0.25) is 5.02 Å². The third kappa shape index (κ3) is 4.10. The smallest absolute Gasteiger partial charge is 0.257 e. The molecule has 0 unspecified atom stereocenters. The number of carbonyl (C=O) groups excluding carboxylic acids is 2. The highest BCUT2D eigenvalue weighted by Crippen LogP contribution is 2.21. The highest BCUT2D eigenvalue weighted by atomic mass is 35.5. The van der Waals surface area contributed by atoms with Crippen LogP contribution >= 0.6 is 11.6 Å². The normalized spacial score (nSPS) is 10.2. The summed E-state index contributed by atoms with van der Waals surface area (Å²) in [5.74, 6) is -0.669. The van der Waals surface area contributed by atoms with Crippen molar-refractivity contribution in [2.75, 3.05) is 10.6 Å². The van der Waals surface area contributed by atoms with Crippen molar-refractivity contribution >= 4 is 34.8 Å². The van der Waals surface area contributed by atoms with Crippen LogP contribution in [-0.4, -0.2) is 11.8 Å². The van der Waals surface area contributed by atoms with Gasteiger partial charge in [0, 0.05) is 5.69 Å². The number of carbonyl (C=O) groups is 2. The summed E-state index contributed by atoms with van der Waals surface area (Å²) < 4.78 is 0. The zero-order valence-corrected chi connectivity index (χ0v) is 14.9. The van der Waals surface area contributed by atoms with E-state index in [1.54, 1.807) is 48.5 Å². The largest absolute Gasteiger partial charge is 0.322 e. The predicted molar refractivity (Wildman–Crippen MR) is 105 cm³/mol. The molecule has 0 fully saturated rings. The van der Waals surface area contributed by atoms with Crippen LogP contribution < -0.4 is 10.6 Å². The van der Waals surface area contributed by atoms with Crippen molar-refractivity contribution in [3.63, 3.8) is 0 Å². The Morgan fingerprint density at radius 3 is 2.15 bits per heavy atom. The van der Waals surface area contributed by atoms with E-state index in [1.807, 2.05) is 31.2 Å². The van der Waals surface area contributed by atoms with Gasteiger partial charge in [-0.05, 0) is 48.9 Å². The zero-order valence-electron chi connectivity index (χ0n) is 14.1. The molecular formula is C21H17ClN2O2. The van der Waals surface area contributed by atoms with Crippen LogP contribution in [0, 0.1) is 6.92 Å². The summed E-state index contributed by atoms with van der Waals surface area (Å²) in [4.78, 5) is 25.1. The summed E-state index contributed by atoms with van der Waals surface area (Å²) in [6.07, 6.45) is 0. The molecule has 0 aliphatic rings. The van der Waals surface area contributed by atoms with Gasteiger partial charge in [0.1, 0.15) is 0 Å². The van der Waals surface area contributed by atoms with Gasteiger partial charge in [0.2, 0.25) is 0 Å². The molecule has 0 radical (unpaired) electrons. The average molecular weight is 365 g/mol. The monoisotopic (exact) mass is 364 g/mol. The van der Waals surface area contributed by atoms with Crippen LogP contribution in [-0.2, 0) is 0 Å². The lowest BCUT2D eigenvalue weighted by Crippen LogP contribution is -2.18. The summed E-state index contributed by atoms with van der Waals surface area (Å²) >= 11 is 6.07. The molecule has 3 rings (SSSR count). The summed E-state index contributed by atoms with van der Waals surface area (Å²) in [6.45, 7) is 1.95. The van der Waals surface area contributed by atoms with Crippen molar-refractivity contribution < 1.29 is 9.59 Å². The summed E-state index contributed by atoms with van der Waals surface area (Å²) in [5.41, 5.74) is 2.88. The van der Waals surface area contributed by atoms with Gasteiger partial charge in [-0.25, -0.2) is 0 Å². The molecule has 2 amide bonds. The number of aryl methyl sites for hydroxylation is 1. The number of hydrogen-bond acceptors (Lipinski definition) is 2. The van der Waals surface area contributed by atoms with Crippen molar-refractivity contribution in [1.82, 2.24) is 0 Å². The Hall–Kier alpha value is -3.11. The molecule has 0 heterocycles. The highest BCUT2D eigenvalue weighted by molar-refractivity contribution is 6.34. The van der Waals surface area contributed by atoms with Gasteiger partial charge < -0.3 is 10.6 Å². The standard InChI is InChI=1S/C21H17ClN2O2/c1-14-7-6-8-15(13-14)23-21(26)17-10-3-5-12-19(17)24-20(25)16-9-2-4-11-18(16)22/h2-13H,1H3,(H,23,26)(H,24,25). The molecule has 0 saturated heterocycles. The average Bonchev–Trinajstić information content (AvgIpc) is 2.62. The second kappa shape index (κ2) is 7.85. The number of halogens is 1. The number of benzene rings is 3. The fourth-order valence-corrected chi connectivity index (χ4v) is 2.77. The Balaban J connectivity index is 1.83. The molecule has 0 bridgehead atoms. The predicted octanol–water partition coefficient (Wildman–Crippen LogP) is 5.15. The van der Waals surface area contributed by atoms with Crippen LogP contribution in [0.5, 0.6) is 0 Å². The molecule has 2 N–H and O–H groups in total. The van der Waals surface area contributed by atoms with E-state index in [1.165, 1.54) is 0 Å². The van der Waals surface area contributed by atoms with Gasteiger partial charge in [0.15, 0.2) is 0 Å². The van der Waals surface area contributed by atoms with Crippen LogP contribution in [0.1, 0.15) is 26.3 Å². The molecule has 4 nitrogen and oxygen atoms in total. The number of para-hydroxylation sites is 1. The van der Waals surface area contributed by atoms with E-state index in [2.05, 4.69) is 10.6 Å². The number of rotatable bonds is 4. The lowest BCUT2D eigenvalue weighted by Gasteiger charge is -2.12. The fraction of sp³-hybridized carbons (Fsp3) is 0.0476. The molecule has 0 atom stereocenters. The molecule has 5 heteroatoms. The number of hydrogen-bond donors (Lipinski definition) is 2. The number of anilines is 2. The lowest BCUT2D eigenvalue weighted by atomic mass is 10.1. The molecular weight excluding hydrogens is 348 g/mol. The minimum absolute atomic E-state index is 0.300. The van der Waals surface area contributed by atoms with Crippen molar-refractivity contribution in [3.05, 3.63) is 94.5 Å². The minimum atomic E-state index is -0.369. The molecule has 0 aromatic heterocycles. The van der Waals surface area contributed by atoms with E-state index in [0.29, 0.717) is 27.5 Å². The van der Waals surface area contributed by atoms with E-state index in [4.69, 9.17) is 11.6 Å². The first-order chi connectivity index (χ1) is 12.5. The molecule has 3 aromatic carbocycles. The Bertz CT molecular complexity index is 969. The van der Waals surface area contributed by atoms with E-state index < -0.39 is 0 Å². The van der Waals surface area contributed by atoms with Crippen LogP contribution in [0.25, 0.3) is 0 Å². The maximum absolute atomic E-state index is 12.6. The molecule has 0 saturated carbocycles. The first-order valence-electron chi connectivity index (χ1n) is 8.07. The van der Waals surface area contributed by atoms with Gasteiger partial charge in [-0.2, -0.15) is 0 Å². The SMILES string of the molecule is Cc1cccc(NC(=O)c2ccccc2NC(=O)c2ccccc2Cl)c1. The molecule has 130 valence electrons. The Morgan fingerprint density at radius 2 is 1.42 bits per heavy atom. The van der Waals surface area contributed by atoms with Gasteiger partial charge >= 0.3 is 0 Å². The zero-order chi connectivity index (χ0) is 18.5. The van der Waals surface area contributed by atoms with E-state index in [0.717, 1.165) is 5.56 Å². The van der Waals surface area contributed by atoms with Gasteiger partial charge in [0.05, 0.1) is 21.8 Å². The fourth-order valence-electron chi connectivity index (χ4n) is 2.55. The number of nitrogens with one attached hydrogen (secondary N) is 2. The van der Waals surface area contributed by atoms with E-state index in [-0.39, 0.29) is 11.8 Å². The van der Waals surface area contributed by atoms with Crippen molar-refractivity contribution in [3.8, 4) is 0 Å². The van der Waals surface area contributed by atoms with Gasteiger partial charge in [-0.15, -0.1) is 0 Å². The van der Waals surface area contributed by atoms with E-state index >= 15 is 0 Å². The topological polar surface area (TPSA) is 58.2 Å².